The number of nitrogens with zero attached hydrogens (tertiary/aromatic N) is 1. The van der Waals surface area contributed by atoms with E-state index in [0.29, 0.717) is 36.2 Å². The second kappa shape index (κ2) is 7.65. The van der Waals surface area contributed by atoms with E-state index in [1.54, 1.807) is 0 Å². The van der Waals surface area contributed by atoms with E-state index in [2.05, 4.69) is 4.98 Å². The summed E-state index contributed by atoms with van der Waals surface area (Å²) in [6.07, 6.45) is 6.89. The Morgan fingerprint density at radius 3 is 2.73 bits per heavy atom. The van der Waals surface area contributed by atoms with Crippen molar-refractivity contribution >= 4 is 22.4 Å². The third-order valence-corrected chi connectivity index (χ3v) is 5.50. The van der Waals surface area contributed by atoms with Gasteiger partial charge >= 0.3 is 0 Å². The summed E-state index contributed by atoms with van der Waals surface area (Å²) in [7, 11) is 0. The van der Waals surface area contributed by atoms with Crippen molar-refractivity contribution in [2.45, 2.75) is 59.3 Å². The lowest BCUT2D eigenvalue weighted by Gasteiger charge is -2.28. The molecule has 0 radical (unpaired) electrons. The molecule has 0 amide bonds. The summed E-state index contributed by atoms with van der Waals surface area (Å²) < 4.78 is 6.07. The van der Waals surface area contributed by atoms with Crippen LogP contribution in [0, 0.1) is 18.3 Å². The van der Waals surface area contributed by atoms with Crippen molar-refractivity contribution in [1.29, 1.82) is 0 Å². The lowest BCUT2D eigenvalue weighted by atomic mass is 9.79. The molecule has 4 nitrogen and oxygen atoms in total. The molecule has 1 heterocycles. The molecule has 0 spiro atoms. The van der Waals surface area contributed by atoms with Crippen LogP contribution in [0.1, 0.15) is 58.1 Å². The van der Waals surface area contributed by atoms with E-state index in [1.807, 2.05) is 45.0 Å². The number of benzene rings is 1. The molecule has 1 aliphatic carbocycles. The van der Waals surface area contributed by atoms with Gasteiger partial charge in [-0.25, -0.2) is 0 Å². The number of hydrogen-bond acceptors (Lipinski definition) is 4. The van der Waals surface area contributed by atoms with Crippen molar-refractivity contribution in [2.24, 2.45) is 11.3 Å². The highest BCUT2D eigenvalue weighted by Gasteiger charge is 2.31. The fourth-order valence-corrected chi connectivity index (χ4v) is 3.81. The van der Waals surface area contributed by atoms with Crippen LogP contribution in [0.25, 0.3) is 10.9 Å². The summed E-state index contributed by atoms with van der Waals surface area (Å²) in [5.41, 5.74) is 8.06. The Morgan fingerprint density at radius 1 is 1.27 bits per heavy atom. The van der Waals surface area contributed by atoms with Crippen molar-refractivity contribution in [1.82, 2.24) is 4.98 Å². The average Bonchev–Trinajstić information content (AvgIpc) is 2.60. The number of ether oxygens (including phenoxy) is 1. The smallest absolute Gasteiger partial charge is 0.142 e. The van der Waals surface area contributed by atoms with Crippen molar-refractivity contribution in [3.8, 4) is 5.75 Å². The van der Waals surface area contributed by atoms with Crippen LogP contribution in [0.5, 0.6) is 5.75 Å². The van der Waals surface area contributed by atoms with Gasteiger partial charge in [-0.05, 0) is 44.9 Å². The molecule has 2 N–H and O–H groups in total. The monoisotopic (exact) mass is 354 g/mol. The first-order valence-electron chi connectivity index (χ1n) is 9.69. The summed E-state index contributed by atoms with van der Waals surface area (Å²) in [4.78, 5) is 17.3. The van der Waals surface area contributed by atoms with E-state index in [4.69, 9.17) is 10.5 Å². The SMILES string of the molecule is Cc1cc(N)c2c(OCC(C)(C)C(=O)CC3CCCCC3)cccc2n1. The summed E-state index contributed by atoms with van der Waals surface area (Å²) in [5, 5.41) is 0.827. The molecular weight excluding hydrogens is 324 g/mol. The largest absolute Gasteiger partial charge is 0.492 e. The van der Waals surface area contributed by atoms with Crippen molar-refractivity contribution in [3.63, 3.8) is 0 Å². The Balaban J connectivity index is 1.71. The first-order valence-corrected chi connectivity index (χ1v) is 9.69. The van der Waals surface area contributed by atoms with Gasteiger partial charge in [-0.1, -0.05) is 38.2 Å². The molecule has 0 unspecified atom stereocenters. The molecule has 0 aliphatic heterocycles. The first-order chi connectivity index (χ1) is 12.4. The zero-order valence-electron chi connectivity index (χ0n) is 16.2. The minimum atomic E-state index is -0.507. The highest BCUT2D eigenvalue weighted by atomic mass is 16.5. The van der Waals surface area contributed by atoms with Gasteiger partial charge in [0.05, 0.1) is 16.3 Å². The maximum atomic E-state index is 12.8. The molecule has 0 saturated heterocycles. The predicted octanol–water partition coefficient (Wildman–Crippen LogP) is 5.07. The minimum Gasteiger partial charge on any atom is -0.492 e. The molecule has 4 heteroatoms. The van der Waals surface area contributed by atoms with Gasteiger partial charge < -0.3 is 10.5 Å². The van der Waals surface area contributed by atoms with Gasteiger partial charge in [0.1, 0.15) is 18.1 Å². The lowest BCUT2D eigenvalue weighted by Crippen LogP contribution is -2.33. The van der Waals surface area contributed by atoms with E-state index in [9.17, 15) is 4.79 Å². The molecule has 1 saturated carbocycles. The van der Waals surface area contributed by atoms with Gasteiger partial charge in [0, 0.05) is 17.8 Å². The molecule has 3 rings (SSSR count). The number of nitrogens with two attached hydrogens (primary N) is 1. The van der Waals surface area contributed by atoms with Crippen LogP contribution in [-0.2, 0) is 4.79 Å². The maximum Gasteiger partial charge on any atom is 0.142 e. The average molecular weight is 354 g/mol. The topological polar surface area (TPSA) is 65.2 Å². The molecule has 26 heavy (non-hydrogen) atoms. The van der Waals surface area contributed by atoms with Crippen molar-refractivity contribution in [2.75, 3.05) is 12.3 Å². The highest BCUT2D eigenvalue weighted by molar-refractivity contribution is 5.95. The number of carbonyl (C=O) groups is 1. The molecule has 2 aromatic rings. The number of Topliss-reactive ketones (excluding diaryl/α,β-unsaturated/α-hetero) is 1. The number of hydrogen-bond donors (Lipinski definition) is 1. The maximum absolute atomic E-state index is 12.8. The van der Waals surface area contributed by atoms with Gasteiger partial charge in [-0.15, -0.1) is 0 Å². The second-order valence-corrected chi connectivity index (χ2v) is 8.31. The van der Waals surface area contributed by atoms with E-state index in [-0.39, 0.29) is 0 Å². The van der Waals surface area contributed by atoms with E-state index in [1.165, 1.54) is 32.1 Å². The molecule has 1 fully saturated rings. The number of anilines is 1. The second-order valence-electron chi connectivity index (χ2n) is 8.31. The molecule has 0 bridgehead atoms. The van der Waals surface area contributed by atoms with Crippen LogP contribution in [0.2, 0.25) is 0 Å². The van der Waals surface area contributed by atoms with Crippen molar-refractivity contribution < 1.29 is 9.53 Å². The Morgan fingerprint density at radius 2 is 2.00 bits per heavy atom. The van der Waals surface area contributed by atoms with Crippen LogP contribution < -0.4 is 10.5 Å². The number of pyridine rings is 1. The van der Waals surface area contributed by atoms with Crippen LogP contribution >= 0.6 is 0 Å². The number of aromatic nitrogens is 1. The summed E-state index contributed by atoms with van der Waals surface area (Å²) in [5.74, 6) is 1.55. The first kappa shape index (κ1) is 18.7. The number of fused-ring (bicyclic) bond motifs is 1. The highest BCUT2D eigenvalue weighted by Crippen LogP contribution is 2.33. The van der Waals surface area contributed by atoms with Crippen LogP contribution in [0.15, 0.2) is 24.3 Å². The lowest BCUT2D eigenvalue weighted by molar-refractivity contribution is -0.129. The number of carbonyl (C=O) groups excluding carboxylic acids is 1. The molecule has 1 aromatic carbocycles. The summed E-state index contributed by atoms with van der Waals surface area (Å²) in [6, 6.07) is 7.61. The summed E-state index contributed by atoms with van der Waals surface area (Å²) >= 11 is 0. The van der Waals surface area contributed by atoms with Gasteiger partial charge in [0.25, 0.3) is 0 Å². The number of rotatable bonds is 6. The van der Waals surface area contributed by atoms with Gasteiger partial charge in [-0.2, -0.15) is 0 Å². The van der Waals surface area contributed by atoms with Crippen LogP contribution in [-0.4, -0.2) is 17.4 Å². The molecule has 1 aliphatic rings. The Labute approximate surface area is 156 Å². The number of ketones is 1. The molecule has 1 aromatic heterocycles. The number of aryl methyl sites for hydroxylation is 1. The minimum absolute atomic E-state index is 0.298. The van der Waals surface area contributed by atoms with E-state index in [0.717, 1.165) is 16.6 Å². The third-order valence-electron chi connectivity index (χ3n) is 5.50. The zero-order valence-corrected chi connectivity index (χ0v) is 16.2. The predicted molar refractivity (Wildman–Crippen MR) is 106 cm³/mol. The standard InChI is InChI=1S/C22H30N2O2/c1-15-12-17(23)21-18(24-15)10-7-11-19(21)26-14-22(2,3)20(25)13-16-8-5-4-6-9-16/h7,10-12,16H,4-6,8-9,13-14H2,1-3H3,(H2,23,24). The zero-order chi connectivity index (χ0) is 18.7. The quantitative estimate of drug-likeness (QED) is 0.786. The van der Waals surface area contributed by atoms with Gasteiger partial charge in [0.15, 0.2) is 0 Å². The van der Waals surface area contributed by atoms with Crippen LogP contribution in [0.4, 0.5) is 5.69 Å². The number of nitrogen functional groups attached to an aromatic ring is 1. The fourth-order valence-electron chi connectivity index (χ4n) is 3.81. The molecular formula is C22H30N2O2. The Hall–Kier alpha value is -2.10. The Bertz CT molecular complexity index is 792. The van der Waals surface area contributed by atoms with Crippen molar-refractivity contribution in [3.05, 3.63) is 30.0 Å². The van der Waals surface area contributed by atoms with E-state index < -0.39 is 5.41 Å². The fraction of sp³-hybridized carbons (Fsp3) is 0.545. The van der Waals surface area contributed by atoms with Gasteiger partial charge in [0.2, 0.25) is 0 Å². The van der Waals surface area contributed by atoms with Crippen LogP contribution in [0.3, 0.4) is 0 Å². The normalized spacial score (nSPS) is 16.0. The third kappa shape index (κ3) is 4.17. The summed E-state index contributed by atoms with van der Waals surface area (Å²) in [6.45, 7) is 6.24. The van der Waals surface area contributed by atoms with E-state index >= 15 is 0 Å². The molecule has 140 valence electrons. The Kier molecular flexibility index (Phi) is 5.49. The van der Waals surface area contributed by atoms with Gasteiger partial charge in [-0.3, -0.25) is 9.78 Å². The molecule has 0 atom stereocenters.